The van der Waals surface area contributed by atoms with Gasteiger partial charge < -0.3 is 0 Å². The number of hydrazine groups is 1. The summed E-state index contributed by atoms with van der Waals surface area (Å²) in [6.45, 7) is 6.25. The molecule has 0 unspecified atom stereocenters. The second-order valence-electron chi connectivity index (χ2n) is 3.54. The minimum atomic E-state index is 0.570. The van der Waals surface area contributed by atoms with Crippen LogP contribution in [0.2, 0.25) is 0 Å². The van der Waals surface area contributed by atoms with Gasteiger partial charge in [-0.25, -0.2) is 0 Å². The fourth-order valence-electron chi connectivity index (χ4n) is 1.15. The molecule has 2 N–H and O–H groups in total. The highest BCUT2D eigenvalue weighted by molar-refractivity contribution is 5.98. The van der Waals surface area contributed by atoms with Gasteiger partial charge in [0.05, 0.1) is 0 Å². The third-order valence-corrected chi connectivity index (χ3v) is 1.76. The highest BCUT2D eigenvalue weighted by Crippen LogP contribution is 2.03. The molecule has 4 nitrogen and oxygen atoms in total. The van der Waals surface area contributed by atoms with E-state index in [1.54, 1.807) is 7.05 Å². The van der Waals surface area contributed by atoms with Crippen molar-refractivity contribution in [1.29, 1.82) is 0 Å². The molecule has 1 amide bonds. The second kappa shape index (κ2) is 9.39. The normalized spacial score (nSPS) is 10.0. The third kappa shape index (κ3) is 6.35. The number of amidine groups is 1. The molecule has 0 aromatic heterocycles. The highest BCUT2D eigenvalue weighted by atomic mass is 16.1. The summed E-state index contributed by atoms with van der Waals surface area (Å²) in [5.41, 5.74) is 7.15. The largest absolute Gasteiger partial charge is 0.282 e. The van der Waals surface area contributed by atoms with E-state index >= 15 is 0 Å². The van der Waals surface area contributed by atoms with Crippen molar-refractivity contribution in [3.8, 4) is 0 Å². The lowest BCUT2D eigenvalue weighted by Crippen LogP contribution is -2.36. The number of aryl methyl sites for hydroxylation is 1. The Morgan fingerprint density at radius 2 is 2.06 bits per heavy atom. The minimum absolute atomic E-state index is 0.570. The van der Waals surface area contributed by atoms with E-state index in [4.69, 9.17) is 0 Å². The molecule has 0 radical (unpaired) electrons. The monoisotopic (exact) mass is 235 g/mol. The van der Waals surface area contributed by atoms with Gasteiger partial charge >= 0.3 is 0 Å². The minimum Gasteiger partial charge on any atom is -0.282 e. The lowest BCUT2D eigenvalue weighted by molar-refractivity contribution is -0.110. The van der Waals surface area contributed by atoms with Crippen molar-refractivity contribution in [2.45, 2.75) is 27.2 Å². The number of benzene rings is 1. The van der Waals surface area contributed by atoms with Crippen LogP contribution in [0.25, 0.3) is 0 Å². The topological polar surface area (TPSA) is 53.5 Å². The molecule has 0 atom stereocenters. The van der Waals surface area contributed by atoms with E-state index in [-0.39, 0.29) is 0 Å². The molecule has 0 fully saturated rings. The number of nitrogens with one attached hydrogen (secondary N) is 2. The fraction of sp³-hybridized carbons (Fsp3) is 0.385. The quantitative estimate of drug-likeness (QED) is 0.364. The van der Waals surface area contributed by atoms with Crippen molar-refractivity contribution in [3.63, 3.8) is 0 Å². The molecule has 0 heterocycles. The summed E-state index contributed by atoms with van der Waals surface area (Å²) in [4.78, 5) is 14.1. The summed E-state index contributed by atoms with van der Waals surface area (Å²) in [6.07, 6.45) is 1.82. The maximum atomic E-state index is 10.1. The summed E-state index contributed by atoms with van der Waals surface area (Å²) in [7, 11) is 1.66. The Labute approximate surface area is 103 Å². The number of carbonyl (C=O) groups excluding carboxylic acids is 1. The Morgan fingerprint density at radius 1 is 1.41 bits per heavy atom. The van der Waals surface area contributed by atoms with E-state index in [0.717, 1.165) is 11.1 Å². The van der Waals surface area contributed by atoms with E-state index in [0.29, 0.717) is 12.2 Å². The maximum Gasteiger partial charge on any atom is 0.225 e. The summed E-state index contributed by atoms with van der Waals surface area (Å²) in [5, 5.41) is 0. The summed E-state index contributed by atoms with van der Waals surface area (Å²) in [6, 6.07) is 7.86. The van der Waals surface area contributed by atoms with Crippen molar-refractivity contribution < 1.29 is 4.79 Å². The number of carbonyl (C=O) groups is 1. The van der Waals surface area contributed by atoms with E-state index in [9.17, 15) is 4.79 Å². The molecule has 0 bridgehead atoms. The molecule has 1 aromatic rings. The molecule has 0 saturated heterocycles. The molecule has 0 aliphatic rings. The zero-order chi connectivity index (χ0) is 13.1. The van der Waals surface area contributed by atoms with Crippen molar-refractivity contribution >= 4 is 12.2 Å². The number of hydrogen-bond donors (Lipinski definition) is 2. The number of nitrogens with zero attached hydrogens (tertiary/aromatic N) is 1. The third-order valence-electron chi connectivity index (χ3n) is 1.76. The molecule has 94 valence electrons. The maximum absolute atomic E-state index is 10.1. The average molecular weight is 235 g/mol. The van der Waals surface area contributed by atoms with Gasteiger partial charge in [0.1, 0.15) is 5.84 Å². The fourth-order valence-corrected chi connectivity index (χ4v) is 1.15. The van der Waals surface area contributed by atoms with Gasteiger partial charge in [-0.2, -0.15) is 0 Å². The van der Waals surface area contributed by atoms with Crippen LogP contribution >= 0.6 is 0 Å². The predicted molar refractivity (Wildman–Crippen MR) is 71.9 cm³/mol. The Kier molecular flexibility index (Phi) is 8.37. The molecule has 0 aliphatic carbocycles. The van der Waals surface area contributed by atoms with Gasteiger partial charge in [-0.05, 0) is 13.0 Å². The summed E-state index contributed by atoms with van der Waals surface area (Å²) < 4.78 is 0. The van der Waals surface area contributed by atoms with Gasteiger partial charge in [0.25, 0.3) is 0 Å². The van der Waals surface area contributed by atoms with Crippen LogP contribution in [-0.2, 0) is 4.79 Å². The zero-order valence-electron chi connectivity index (χ0n) is 10.9. The molecule has 0 saturated carbocycles. The lowest BCUT2D eigenvalue weighted by Gasteiger charge is -2.07. The van der Waals surface area contributed by atoms with Gasteiger partial charge in [0.15, 0.2) is 0 Å². The standard InChI is InChI=1S/C10H13N3O.C3H8/c1-8-4-3-5-9(6-8)10(11-2)13-12-7-14;1-3-2/h3-7H,1-2H3,(H,11,13)(H,12,14);3H2,1-2H3. The lowest BCUT2D eigenvalue weighted by atomic mass is 10.1. The van der Waals surface area contributed by atoms with Crippen molar-refractivity contribution in [2.75, 3.05) is 7.05 Å². The van der Waals surface area contributed by atoms with E-state index < -0.39 is 0 Å². The predicted octanol–water partition coefficient (Wildman–Crippen LogP) is 2.04. The molecule has 1 aromatic carbocycles. The molecule has 0 spiro atoms. The second-order valence-corrected chi connectivity index (χ2v) is 3.54. The van der Waals surface area contributed by atoms with Crippen LogP contribution in [-0.4, -0.2) is 19.3 Å². The van der Waals surface area contributed by atoms with Crippen molar-refractivity contribution in [1.82, 2.24) is 10.9 Å². The average Bonchev–Trinajstić information content (AvgIpc) is 2.31. The number of rotatable bonds is 3. The van der Waals surface area contributed by atoms with Crippen LogP contribution in [0.1, 0.15) is 31.4 Å². The van der Waals surface area contributed by atoms with Crippen LogP contribution in [0.4, 0.5) is 0 Å². The van der Waals surface area contributed by atoms with Gasteiger partial charge in [-0.1, -0.05) is 44.0 Å². The highest BCUT2D eigenvalue weighted by Gasteiger charge is 2.00. The molecule has 4 heteroatoms. The first-order chi connectivity index (χ1) is 8.19. The number of hydrogen-bond acceptors (Lipinski definition) is 2. The Hall–Kier alpha value is -1.84. The Bertz CT molecular complexity index is 361. The number of amides is 1. The van der Waals surface area contributed by atoms with Gasteiger partial charge in [0.2, 0.25) is 6.41 Å². The molecule has 17 heavy (non-hydrogen) atoms. The van der Waals surface area contributed by atoms with Crippen LogP contribution in [0.15, 0.2) is 29.3 Å². The number of aliphatic imine (C=N–C) groups is 1. The van der Waals surface area contributed by atoms with Gasteiger partial charge in [-0.3, -0.25) is 20.6 Å². The summed E-state index contributed by atoms with van der Waals surface area (Å²) >= 11 is 0. The first-order valence-electron chi connectivity index (χ1n) is 5.68. The molecular weight excluding hydrogens is 214 g/mol. The Morgan fingerprint density at radius 3 is 2.53 bits per heavy atom. The Balaban J connectivity index is 0.000000770. The van der Waals surface area contributed by atoms with Crippen LogP contribution in [0.5, 0.6) is 0 Å². The molecule has 0 aliphatic heterocycles. The van der Waals surface area contributed by atoms with Gasteiger partial charge in [-0.15, -0.1) is 0 Å². The van der Waals surface area contributed by atoms with E-state index in [1.165, 1.54) is 6.42 Å². The van der Waals surface area contributed by atoms with Crippen LogP contribution in [0, 0.1) is 6.92 Å². The smallest absolute Gasteiger partial charge is 0.225 e. The van der Waals surface area contributed by atoms with E-state index in [2.05, 4.69) is 29.7 Å². The molecular formula is C13H21N3O. The zero-order valence-corrected chi connectivity index (χ0v) is 10.9. The van der Waals surface area contributed by atoms with Crippen LogP contribution in [0.3, 0.4) is 0 Å². The van der Waals surface area contributed by atoms with Crippen molar-refractivity contribution in [2.24, 2.45) is 4.99 Å². The van der Waals surface area contributed by atoms with Crippen molar-refractivity contribution in [3.05, 3.63) is 35.4 Å². The first kappa shape index (κ1) is 15.2. The SMILES string of the molecule is CCC.CN=C(NNC=O)c1cccc(C)c1. The summed E-state index contributed by atoms with van der Waals surface area (Å²) in [5.74, 6) is 0.640. The van der Waals surface area contributed by atoms with Gasteiger partial charge in [0, 0.05) is 12.6 Å². The molecule has 1 rings (SSSR count). The first-order valence-corrected chi connectivity index (χ1v) is 5.68. The van der Waals surface area contributed by atoms with E-state index in [1.807, 2.05) is 31.2 Å². The van der Waals surface area contributed by atoms with Crippen LogP contribution < -0.4 is 10.9 Å².